The van der Waals surface area contributed by atoms with Crippen LogP contribution in [0.1, 0.15) is 16.1 Å². The van der Waals surface area contributed by atoms with E-state index in [1.807, 2.05) is 0 Å². The van der Waals surface area contributed by atoms with E-state index in [1.165, 1.54) is 19.2 Å². The first-order chi connectivity index (χ1) is 5.66. The highest BCUT2D eigenvalue weighted by atomic mass is 16.6. The minimum Gasteiger partial charge on any atom is -0.298 e. The molecule has 0 fully saturated rings. The summed E-state index contributed by atoms with van der Waals surface area (Å²) in [5, 5.41) is 10.4. The van der Waals surface area contributed by atoms with Crippen LogP contribution < -0.4 is 0 Å². The zero-order chi connectivity index (χ0) is 9.14. The number of aldehydes is 1. The van der Waals surface area contributed by atoms with Crippen LogP contribution in [0.15, 0.2) is 12.3 Å². The number of carbonyl (C=O) groups excluding carboxylic acids is 1. The normalized spacial score (nSPS) is 9.42. The lowest BCUT2D eigenvalue weighted by molar-refractivity contribution is -0.385. The minimum atomic E-state index is -0.605. The smallest absolute Gasteiger partial charge is 0.298 e. The topological polar surface area (TPSA) is 73.1 Å². The number of hydrogen-bond acceptors (Lipinski definition) is 4. The molecule has 62 valence electrons. The molecular formula is C7H6N2O3. The first-order valence-electron chi connectivity index (χ1n) is 3.22. The van der Waals surface area contributed by atoms with Crippen molar-refractivity contribution in [2.45, 2.75) is 6.92 Å². The van der Waals surface area contributed by atoms with Crippen molar-refractivity contribution in [3.63, 3.8) is 0 Å². The molecule has 0 amide bonds. The molecule has 1 aromatic rings. The van der Waals surface area contributed by atoms with Gasteiger partial charge < -0.3 is 0 Å². The largest absolute Gasteiger partial charge is 0.300 e. The maximum absolute atomic E-state index is 10.4. The molecule has 0 aliphatic heterocycles. The van der Waals surface area contributed by atoms with E-state index >= 15 is 0 Å². The van der Waals surface area contributed by atoms with Gasteiger partial charge in [-0.25, -0.2) is 0 Å². The average molecular weight is 166 g/mol. The molecule has 1 aromatic heterocycles. The average Bonchev–Trinajstić information content (AvgIpc) is 2.03. The Labute approximate surface area is 68.2 Å². The molecule has 0 N–H and O–H groups in total. The zero-order valence-electron chi connectivity index (χ0n) is 6.35. The zero-order valence-corrected chi connectivity index (χ0v) is 6.35. The van der Waals surface area contributed by atoms with Gasteiger partial charge in [-0.05, 0) is 13.0 Å². The maximum atomic E-state index is 10.4. The Morgan fingerprint density at radius 1 is 1.67 bits per heavy atom. The summed E-state index contributed by atoms with van der Waals surface area (Å²) in [6, 6.07) is 1.32. The van der Waals surface area contributed by atoms with Gasteiger partial charge in [0.2, 0.25) is 0 Å². The van der Waals surface area contributed by atoms with Crippen molar-refractivity contribution in [2.24, 2.45) is 0 Å². The van der Waals surface area contributed by atoms with Crippen LogP contribution in [-0.2, 0) is 0 Å². The van der Waals surface area contributed by atoms with Gasteiger partial charge in [-0.15, -0.1) is 0 Å². The van der Waals surface area contributed by atoms with E-state index in [0.29, 0.717) is 6.29 Å². The van der Waals surface area contributed by atoms with Crippen molar-refractivity contribution in [1.82, 2.24) is 4.98 Å². The fourth-order valence-electron chi connectivity index (χ4n) is 0.911. The first kappa shape index (κ1) is 8.32. The monoisotopic (exact) mass is 166 g/mol. The fraction of sp³-hybridized carbons (Fsp3) is 0.143. The molecule has 0 aliphatic carbocycles. The lowest BCUT2D eigenvalue weighted by Gasteiger charge is -1.96. The molecule has 12 heavy (non-hydrogen) atoms. The second-order valence-electron chi connectivity index (χ2n) is 2.21. The van der Waals surface area contributed by atoms with Crippen LogP contribution in [0.25, 0.3) is 0 Å². The second kappa shape index (κ2) is 3.08. The van der Waals surface area contributed by atoms with Gasteiger partial charge in [-0.3, -0.25) is 19.9 Å². The van der Waals surface area contributed by atoms with Crippen molar-refractivity contribution in [3.8, 4) is 0 Å². The first-order valence-corrected chi connectivity index (χ1v) is 3.22. The van der Waals surface area contributed by atoms with Crippen molar-refractivity contribution in [1.29, 1.82) is 0 Å². The molecule has 0 radical (unpaired) electrons. The van der Waals surface area contributed by atoms with Crippen LogP contribution in [0.3, 0.4) is 0 Å². The van der Waals surface area contributed by atoms with Crippen LogP contribution >= 0.6 is 0 Å². The Morgan fingerprint density at radius 3 is 2.75 bits per heavy atom. The van der Waals surface area contributed by atoms with E-state index in [-0.39, 0.29) is 16.9 Å². The molecule has 5 heteroatoms. The molecule has 5 nitrogen and oxygen atoms in total. The summed E-state index contributed by atoms with van der Waals surface area (Å²) in [5.41, 5.74) is 0.101. The number of pyridine rings is 1. The second-order valence-corrected chi connectivity index (χ2v) is 2.21. The molecule has 0 saturated heterocycles. The van der Waals surface area contributed by atoms with Gasteiger partial charge in [0, 0.05) is 6.20 Å². The van der Waals surface area contributed by atoms with E-state index in [0.717, 1.165) is 0 Å². The summed E-state index contributed by atoms with van der Waals surface area (Å²) in [6.07, 6.45) is 1.82. The molecule has 0 unspecified atom stereocenters. The SMILES string of the molecule is Cc1nccc(C=O)c1[N+](=O)[O-]. The van der Waals surface area contributed by atoms with Crippen molar-refractivity contribution in [3.05, 3.63) is 33.6 Å². The van der Waals surface area contributed by atoms with Crippen LogP contribution in [0.5, 0.6) is 0 Å². The quantitative estimate of drug-likeness (QED) is 0.374. The van der Waals surface area contributed by atoms with Crippen LogP contribution in [-0.4, -0.2) is 16.2 Å². The molecule has 0 aromatic carbocycles. The van der Waals surface area contributed by atoms with E-state index < -0.39 is 4.92 Å². The Morgan fingerprint density at radius 2 is 2.33 bits per heavy atom. The Kier molecular flexibility index (Phi) is 2.14. The number of carbonyl (C=O) groups is 1. The highest BCUT2D eigenvalue weighted by Crippen LogP contribution is 2.18. The lowest BCUT2D eigenvalue weighted by atomic mass is 10.2. The molecular weight excluding hydrogens is 160 g/mol. The summed E-state index contributed by atoms with van der Waals surface area (Å²) < 4.78 is 0. The van der Waals surface area contributed by atoms with Crippen molar-refractivity contribution in [2.75, 3.05) is 0 Å². The van der Waals surface area contributed by atoms with E-state index in [4.69, 9.17) is 0 Å². The third-order valence-corrected chi connectivity index (χ3v) is 1.45. The lowest BCUT2D eigenvalue weighted by Crippen LogP contribution is -1.98. The standard InChI is InChI=1S/C7H6N2O3/c1-5-7(9(11)12)6(4-10)2-3-8-5/h2-4H,1H3. The molecule has 1 rings (SSSR count). The fourth-order valence-corrected chi connectivity index (χ4v) is 0.911. The highest BCUT2D eigenvalue weighted by molar-refractivity contribution is 5.81. The molecule has 0 spiro atoms. The van der Waals surface area contributed by atoms with Gasteiger partial charge in [-0.2, -0.15) is 0 Å². The Hall–Kier alpha value is -1.78. The summed E-state index contributed by atoms with van der Waals surface area (Å²) >= 11 is 0. The van der Waals surface area contributed by atoms with Gasteiger partial charge in [-0.1, -0.05) is 0 Å². The van der Waals surface area contributed by atoms with Gasteiger partial charge >= 0.3 is 5.69 Å². The Bertz CT molecular complexity index is 335. The highest BCUT2D eigenvalue weighted by Gasteiger charge is 2.16. The number of rotatable bonds is 2. The molecule has 0 aliphatic rings. The molecule has 1 heterocycles. The van der Waals surface area contributed by atoms with Crippen molar-refractivity contribution >= 4 is 12.0 Å². The van der Waals surface area contributed by atoms with E-state index in [2.05, 4.69) is 4.98 Å². The molecule has 0 bridgehead atoms. The molecule has 0 atom stereocenters. The van der Waals surface area contributed by atoms with Gasteiger partial charge in [0.15, 0.2) is 6.29 Å². The van der Waals surface area contributed by atoms with Crippen LogP contribution in [0.2, 0.25) is 0 Å². The third-order valence-electron chi connectivity index (χ3n) is 1.45. The number of nitrogens with zero attached hydrogens (tertiary/aromatic N) is 2. The molecule has 0 saturated carbocycles. The number of hydrogen-bond donors (Lipinski definition) is 0. The predicted octanol–water partition coefficient (Wildman–Crippen LogP) is 1.11. The van der Waals surface area contributed by atoms with E-state index in [1.54, 1.807) is 0 Å². The van der Waals surface area contributed by atoms with Gasteiger partial charge in [0.25, 0.3) is 0 Å². The number of aryl methyl sites for hydroxylation is 1. The van der Waals surface area contributed by atoms with Gasteiger partial charge in [0.05, 0.1) is 10.5 Å². The summed E-state index contributed by atoms with van der Waals surface area (Å²) in [6.45, 7) is 1.49. The Balaban J connectivity index is 3.39. The number of aromatic nitrogens is 1. The van der Waals surface area contributed by atoms with E-state index in [9.17, 15) is 14.9 Å². The van der Waals surface area contributed by atoms with Crippen molar-refractivity contribution < 1.29 is 9.72 Å². The van der Waals surface area contributed by atoms with Crippen LogP contribution in [0.4, 0.5) is 5.69 Å². The number of nitro groups is 1. The summed E-state index contributed by atoms with van der Waals surface area (Å²) in [5.74, 6) is 0. The third kappa shape index (κ3) is 1.29. The van der Waals surface area contributed by atoms with Gasteiger partial charge in [0.1, 0.15) is 5.69 Å². The minimum absolute atomic E-state index is 0.0625. The summed E-state index contributed by atoms with van der Waals surface area (Å²) in [4.78, 5) is 23.9. The summed E-state index contributed by atoms with van der Waals surface area (Å²) in [7, 11) is 0. The van der Waals surface area contributed by atoms with Crippen LogP contribution in [0, 0.1) is 17.0 Å². The predicted molar refractivity (Wildman–Crippen MR) is 41.0 cm³/mol. The maximum Gasteiger partial charge on any atom is 0.300 e.